The highest BCUT2D eigenvalue weighted by atomic mass is 19.2. The van der Waals surface area contributed by atoms with Gasteiger partial charge in [0.05, 0.1) is 5.69 Å². The Morgan fingerprint density at radius 1 is 1.11 bits per heavy atom. The van der Waals surface area contributed by atoms with Gasteiger partial charge in [0.1, 0.15) is 5.75 Å². The summed E-state index contributed by atoms with van der Waals surface area (Å²) in [6, 6.07) is 9.06. The van der Waals surface area contributed by atoms with Crippen molar-refractivity contribution < 1.29 is 18.7 Å². The summed E-state index contributed by atoms with van der Waals surface area (Å²) in [5.41, 5.74) is -0.0954. The van der Waals surface area contributed by atoms with Crippen LogP contribution in [-0.2, 0) is 0 Å². The number of hydrogen-bond donors (Lipinski definition) is 2. The number of anilines is 1. The molecule has 0 bridgehead atoms. The number of phenols is 1. The number of carbonyl (C=O) groups excluding carboxylic acids is 1. The van der Waals surface area contributed by atoms with Crippen LogP contribution in [-0.4, -0.2) is 11.0 Å². The third-order valence-corrected chi connectivity index (χ3v) is 2.31. The van der Waals surface area contributed by atoms with Gasteiger partial charge in [-0.2, -0.15) is 0 Å². The van der Waals surface area contributed by atoms with E-state index in [-0.39, 0.29) is 17.0 Å². The predicted octanol–water partition coefficient (Wildman–Crippen LogP) is 2.92. The summed E-state index contributed by atoms with van der Waals surface area (Å²) in [6.07, 6.45) is 0. The van der Waals surface area contributed by atoms with E-state index >= 15 is 0 Å². The van der Waals surface area contributed by atoms with Gasteiger partial charge in [-0.25, -0.2) is 8.78 Å². The van der Waals surface area contributed by atoms with Gasteiger partial charge in [-0.3, -0.25) is 4.79 Å². The van der Waals surface area contributed by atoms with E-state index in [1.807, 2.05) is 0 Å². The highest BCUT2D eigenvalue weighted by Crippen LogP contribution is 2.18. The topological polar surface area (TPSA) is 49.3 Å². The molecule has 92 valence electrons. The van der Waals surface area contributed by atoms with Crippen molar-refractivity contribution in [3.05, 3.63) is 59.7 Å². The third-order valence-electron chi connectivity index (χ3n) is 2.31. The fourth-order valence-electron chi connectivity index (χ4n) is 1.44. The van der Waals surface area contributed by atoms with Gasteiger partial charge in [-0.05, 0) is 30.3 Å². The van der Waals surface area contributed by atoms with E-state index in [1.165, 1.54) is 36.4 Å². The van der Waals surface area contributed by atoms with Gasteiger partial charge >= 0.3 is 0 Å². The molecule has 1 amide bonds. The minimum Gasteiger partial charge on any atom is -0.508 e. The van der Waals surface area contributed by atoms with Crippen molar-refractivity contribution >= 4 is 11.6 Å². The van der Waals surface area contributed by atoms with Crippen molar-refractivity contribution in [1.82, 2.24) is 0 Å². The summed E-state index contributed by atoms with van der Waals surface area (Å²) in [6.45, 7) is 0. The number of aromatic hydroxyl groups is 1. The molecule has 3 nitrogen and oxygen atoms in total. The maximum absolute atomic E-state index is 13.3. The van der Waals surface area contributed by atoms with Crippen molar-refractivity contribution in [3.8, 4) is 5.75 Å². The minimum atomic E-state index is -1.12. The number of nitrogens with one attached hydrogen (secondary N) is 1. The molecule has 0 aliphatic rings. The molecule has 0 saturated heterocycles. The first kappa shape index (κ1) is 12.0. The molecule has 18 heavy (non-hydrogen) atoms. The molecule has 0 fully saturated rings. The van der Waals surface area contributed by atoms with E-state index in [9.17, 15) is 18.7 Å². The monoisotopic (exact) mass is 249 g/mol. The van der Waals surface area contributed by atoms with Crippen LogP contribution in [0.25, 0.3) is 0 Å². The Balaban J connectivity index is 2.24. The zero-order chi connectivity index (χ0) is 13.1. The molecule has 0 atom stereocenters. The van der Waals surface area contributed by atoms with Gasteiger partial charge in [0.15, 0.2) is 11.6 Å². The molecule has 0 spiro atoms. The van der Waals surface area contributed by atoms with Crippen LogP contribution < -0.4 is 5.32 Å². The Hall–Kier alpha value is -2.43. The van der Waals surface area contributed by atoms with E-state index in [0.717, 1.165) is 6.07 Å². The maximum Gasteiger partial charge on any atom is 0.255 e. The lowest BCUT2D eigenvalue weighted by Gasteiger charge is -2.06. The summed E-state index contributed by atoms with van der Waals surface area (Å²) in [4.78, 5) is 11.7. The molecule has 0 saturated carbocycles. The molecule has 2 N–H and O–H groups in total. The highest BCUT2D eigenvalue weighted by molar-refractivity contribution is 6.04. The average Bonchev–Trinajstić information content (AvgIpc) is 2.35. The number of halogens is 2. The lowest BCUT2D eigenvalue weighted by atomic mass is 10.2. The van der Waals surface area contributed by atoms with Crippen LogP contribution in [0.3, 0.4) is 0 Å². The molecular weight excluding hydrogens is 240 g/mol. The van der Waals surface area contributed by atoms with Crippen LogP contribution >= 0.6 is 0 Å². The van der Waals surface area contributed by atoms with Crippen LogP contribution in [0.5, 0.6) is 5.75 Å². The van der Waals surface area contributed by atoms with Crippen molar-refractivity contribution in [2.75, 3.05) is 5.32 Å². The van der Waals surface area contributed by atoms with Crippen LogP contribution in [0.2, 0.25) is 0 Å². The molecule has 2 rings (SSSR count). The fraction of sp³-hybridized carbons (Fsp3) is 0. The summed E-state index contributed by atoms with van der Waals surface area (Å²) in [5, 5.41) is 11.4. The van der Waals surface area contributed by atoms with Crippen molar-refractivity contribution in [2.24, 2.45) is 0 Å². The number of phenolic OH excluding ortho intramolecular Hbond substituents is 1. The number of rotatable bonds is 2. The van der Waals surface area contributed by atoms with Gasteiger partial charge < -0.3 is 10.4 Å². The van der Waals surface area contributed by atoms with Crippen molar-refractivity contribution in [2.45, 2.75) is 0 Å². The Bertz CT molecular complexity index is 599. The lowest BCUT2D eigenvalue weighted by molar-refractivity contribution is 0.102. The summed E-state index contributed by atoms with van der Waals surface area (Å²) in [5.74, 6) is -2.87. The second-order valence-electron chi connectivity index (χ2n) is 3.61. The summed E-state index contributed by atoms with van der Waals surface area (Å²) < 4.78 is 26.2. The zero-order valence-electron chi connectivity index (χ0n) is 9.15. The van der Waals surface area contributed by atoms with Gasteiger partial charge in [0, 0.05) is 5.56 Å². The molecule has 2 aromatic carbocycles. The quantitative estimate of drug-likeness (QED) is 0.859. The largest absolute Gasteiger partial charge is 0.508 e. The highest BCUT2D eigenvalue weighted by Gasteiger charge is 2.12. The van der Waals surface area contributed by atoms with E-state index < -0.39 is 17.5 Å². The van der Waals surface area contributed by atoms with Gasteiger partial charge in [0.2, 0.25) is 0 Å². The molecule has 0 aliphatic carbocycles. The molecule has 0 radical (unpaired) electrons. The van der Waals surface area contributed by atoms with Crippen LogP contribution in [0.4, 0.5) is 14.5 Å². The van der Waals surface area contributed by atoms with Crippen LogP contribution in [0.1, 0.15) is 10.4 Å². The van der Waals surface area contributed by atoms with Crippen LogP contribution in [0, 0.1) is 11.6 Å². The summed E-state index contributed by atoms with van der Waals surface area (Å²) >= 11 is 0. The van der Waals surface area contributed by atoms with Crippen molar-refractivity contribution in [1.29, 1.82) is 0 Å². The van der Waals surface area contributed by atoms with E-state index in [0.29, 0.717) is 0 Å². The van der Waals surface area contributed by atoms with E-state index in [1.54, 1.807) is 0 Å². The van der Waals surface area contributed by atoms with E-state index in [4.69, 9.17) is 0 Å². The maximum atomic E-state index is 13.3. The number of hydrogen-bond acceptors (Lipinski definition) is 2. The standard InChI is InChI=1S/C13H9F2NO2/c14-10-5-2-6-11(12(10)15)16-13(18)8-3-1-4-9(17)7-8/h1-7,17H,(H,16,18). The Morgan fingerprint density at radius 3 is 2.56 bits per heavy atom. The Morgan fingerprint density at radius 2 is 1.83 bits per heavy atom. The molecule has 0 unspecified atom stereocenters. The molecule has 2 aromatic rings. The molecule has 0 aromatic heterocycles. The first-order valence-electron chi connectivity index (χ1n) is 5.12. The second-order valence-corrected chi connectivity index (χ2v) is 3.61. The van der Waals surface area contributed by atoms with Crippen molar-refractivity contribution in [3.63, 3.8) is 0 Å². The van der Waals surface area contributed by atoms with E-state index in [2.05, 4.69) is 5.32 Å². The first-order chi connectivity index (χ1) is 8.58. The number of benzene rings is 2. The minimum absolute atomic E-state index is 0.0811. The van der Waals surface area contributed by atoms with Gasteiger partial charge in [0.25, 0.3) is 5.91 Å². The normalized spacial score (nSPS) is 10.1. The van der Waals surface area contributed by atoms with Crippen LogP contribution in [0.15, 0.2) is 42.5 Å². The zero-order valence-corrected chi connectivity index (χ0v) is 9.15. The number of amides is 1. The molecule has 5 heteroatoms. The average molecular weight is 249 g/mol. The number of carbonyl (C=O) groups is 1. The Labute approximate surface area is 102 Å². The fourth-order valence-corrected chi connectivity index (χ4v) is 1.44. The van der Waals surface area contributed by atoms with Gasteiger partial charge in [-0.1, -0.05) is 12.1 Å². The molecular formula is C13H9F2NO2. The predicted molar refractivity (Wildman–Crippen MR) is 62.4 cm³/mol. The Kier molecular flexibility index (Phi) is 3.23. The third kappa shape index (κ3) is 2.45. The summed E-state index contributed by atoms with van der Waals surface area (Å²) in [7, 11) is 0. The SMILES string of the molecule is O=C(Nc1cccc(F)c1F)c1cccc(O)c1. The molecule has 0 aliphatic heterocycles. The molecule has 0 heterocycles. The first-order valence-corrected chi connectivity index (χ1v) is 5.12. The smallest absolute Gasteiger partial charge is 0.255 e. The second kappa shape index (κ2) is 4.83. The van der Waals surface area contributed by atoms with Gasteiger partial charge in [-0.15, -0.1) is 0 Å². The lowest BCUT2D eigenvalue weighted by Crippen LogP contribution is -2.13.